The molecule has 0 radical (unpaired) electrons. The van der Waals surface area contributed by atoms with Crippen LogP contribution in [0.25, 0.3) is 0 Å². The van der Waals surface area contributed by atoms with Gasteiger partial charge in [-0.05, 0) is 25.8 Å². The molecular formula is C12H16FN3O2. The SMILES string of the molecule is CCOC(=O)c1ccnc(N2CCC(F)CC2)n1. The van der Waals surface area contributed by atoms with Crippen LogP contribution in [0.5, 0.6) is 0 Å². The molecule has 0 amide bonds. The fraction of sp³-hybridized carbons (Fsp3) is 0.583. The van der Waals surface area contributed by atoms with Gasteiger partial charge in [0.15, 0.2) is 5.69 Å². The Balaban J connectivity index is 2.09. The Morgan fingerprint density at radius 1 is 1.56 bits per heavy atom. The molecule has 0 saturated carbocycles. The lowest BCUT2D eigenvalue weighted by Gasteiger charge is -2.28. The van der Waals surface area contributed by atoms with Crippen molar-refractivity contribution in [2.45, 2.75) is 25.9 Å². The minimum absolute atomic E-state index is 0.240. The molecule has 1 aromatic heterocycles. The molecule has 1 saturated heterocycles. The number of aromatic nitrogens is 2. The molecule has 0 aliphatic carbocycles. The molecule has 2 heterocycles. The van der Waals surface area contributed by atoms with Gasteiger partial charge in [0.05, 0.1) is 6.61 Å². The van der Waals surface area contributed by atoms with E-state index in [0.29, 0.717) is 38.5 Å². The first-order chi connectivity index (χ1) is 8.70. The second kappa shape index (κ2) is 5.75. The van der Waals surface area contributed by atoms with Gasteiger partial charge in [0, 0.05) is 19.3 Å². The number of carbonyl (C=O) groups excluding carboxylic acids is 1. The first-order valence-corrected chi connectivity index (χ1v) is 6.10. The average molecular weight is 253 g/mol. The summed E-state index contributed by atoms with van der Waals surface area (Å²) in [7, 11) is 0. The van der Waals surface area contributed by atoms with Gasteiger partial charge in [-0.3, -0.25) is 0 Å². The highest BCUT2D eigenvalue weighted by atomic mass is 19.1. The molecule has 98 valence electrons. The second-order valence-corrected chi connectivity index (χ2v) is 4.12. The Bertz CT molecular complexity index is 420. The predicted octanol–water partition coefficient (Wildman–Crippen LogP) is 1.59. The van der Waals surface area contributed by atoms with Crippen molar-refractivity contribution in [1.29, 1.82) is 0 Å². The van der Waals surface area contributed by atoms with Crippen LogP contribution in [-0.2, 0) is 4.74 Å². The smallest absolute Gasteiger partial charge is 0.357 e. The van der Waals surface area contributed by atoms with Crippen molar-refractivity contribution in [1.82, 2.24) is 9.97 Å². The van der Waals surface area contributed by atoms with Gasteiger partial charge >= 0.3 is 5.97 Å². The van der Waals surface area contributed by atoms with Crippen LogP contribution in [0.2, 0.25) is 0 Å². The van der Waals surface area contributed by atoms with E-state index in [1.807, 2.05) is 4.90 Å². The zero-order valence-electron chi connectivity index (χ0n) is 10.3. The lowest BCUT2D eigenvalue weighted by Crippen LogP contribution is -2.35. The second-order valence-electron chi connectivity index (χ2n) is 4.12. The number of hydrogen-bond donors (Lipinski definition) is 0. The molecule has 0 unspecified atom stereocenters. The number of hydrogen-bond acceptors (Lipinski definition) is 5. The number of alkyl halides is 1. The van der Waals surface area contributed by atoms with E-state index in [1.165, 1.54) is 12.3 Å². The number of esters is 1. The van der Waals surface area contributed by atoms with Gasteiger partial charge in [0.1, 0.15) is 6.17 Å². The maximum atomic E-state index is 13.0. The minimum Gasteiger partial charge on any atom is -0.461 e. The zero-order valence-corrected chi connectivity index (χ0v) is 10.3. The first-order valence-electron chi connectivity index (χ1n) is 6.10. The molecule has 0 N–H and O–H groups in total. The van der Waals surface area contributed by atoms with E-state index in [2.05, 4.69) is 9.97 Å². The zero-order chi connectivity index (χ0) is 13.0. The van der Waals surface area contributed by atoms with E-state index in [4.69, 9.17) is 4.74 Å². The van der Waals surface area contributed by atoms with Crippen molar-refractivity contribution in [3.8, 4) is 0 Å². The third-order valence-corrected chi connectivity index (χ3v) is 2.83. The maximum absolute atomic E-state index is 13.0. The van der Waals surface area contributed by atoms with Gasteiger partial charge in [-0.2, -0.15) is 0 Å². The molecular weight excluding hydrogens is 237 g/mol. The number of anilines is 1. The summed E-state index contributed by atoms with van der Waals surface area (Å²) in [6.45, 7) is 3.21. The van der Waals surface area contributed by atoms with Crippen LogP contribution in [-0.4, -0.2) is 41.8 Å². The Labute approximate surface area is 105 Å². The fourth-order valence-electron chi connectivity index (χ4n) is 1.87. The summed E-state index contributed by atoms with van der Waals surface area (Å²) in [5.41, 5.74) is 0.240. The lowest BCUT2D eigenvalue weighted by molar-refractivity contribution is 0.0519. The van der Waals surface area contributed by atoms with E-state index in [1.54, 1.807) is 6.92 Å². The molecule has 1 aliphatic heterocycles. The molecule has 1 fully saturated rings. The fourth-order valence-corrected chi connectivity index (χ4v) is 1.87. The van der Waals surface area contributed by atoms with Gasteiger partial charge in [-0.1, -0.05) is 0 Å². The Kier molecular flexibility index (Phi) is 4.07. The van der Waals surface area contributed by atoms with Gasteiger partial charge in [0.2, 0.25) is 5.95 Å². The summed E-state index contributed by atoms with van der Waals surface area (Å²) < 4.78 is 17.9. The number of rotatable bonds is 3. The van der Waals surface area contributed by atoms with Crippen molar-refractivity contribution in [2.75, 3.05) is 24.6 Å². The lowest BCUT2D eigenvalue weighted by atomic mass is 10.1. The number of ether oxygens (including phenoxy) is 1. The molecule has 0 spiro atoms. The van der Waals surface area contributed by atoms with Crippen LogP contribution in [0.1, 0.15) is 30.3 Å². The van der Waals surface area contributed by atoms with Crippen LogP contribution in [0.4, 0.5) is 10.3 Å². The molecule has 5 nitrogen and oxygen atoms in total. The minimum atomic E-state index is -0.741. The van der Waals surface area contributed by atoms with Crippen molar-refractivity contribution < 1.29 is 13.9 Å². The largest absolute Gasteiger partial charge is 0.461 e. The van der Waals surface area contributed by atoms with Gasteiger partial charge in [0.25, 0.3) is 0 Å². The van der Waals surface area contributed by atoms with E-state index in [-0.39, 0.29) is 5.69 Å². The van der Waals surface area contributed by atoms with E-state index < -0.39 is 12.1 Å². The average Bonchev–Trinajstić information content (AvgIpc) is 2.40. The summed E-state index contributed by atoms with van der Waals surface area (Å²) in [6.07, 6.45) is 1.74. The van der Waals surface area contributed by atoms with Gasteiger partial charge in [-0.25, -0.2) is 19.2 Å². The van der Waals surface area contributed by atoms with Crippen molar-refractivity contribution >= 4 is 11.9 Å². The molecule has 18 heavy (non-hydrogen) atoms. The maximum Gasteiger partial charge on any atom is 0.357 e. The molecule has 1 aliphatic rings. The first kappa shape index (κ1) is 12.7. The van der Waals surface area contributed by atoms with E-state index in [9.17, 15) is 9.18 Å². The standard InChI is InChI=1S/C12H16FN3O2/c1-2-18-11(17)10-3-6-14-12(15-10)16-7-4-9(13)5-8-16/h3,6,9H,2,4-5,7-8H2,1H3. The molecule has 2 rings (SSSR count). The number of halogens is 1. The van der Waals surface area contributed by atoms with Crippen LogP contribution >= 0.6 is 0 Å². The van der Waals surface area contributed by atoms with Crippen molar-refractivity contribution in [3.05, 3.63) is 18.0 Å². The molecule has 0 aromatic carbocycles. The highest BCUT2D eigenvalue weighted by Gasteiger charge is 2.21. The third-order valence-electron chi connectivity index (χ3n) is 2.83. The molecule has 1 aromatic rings. The van der Waals surface area contributed by atoms with Crippen LogP contribution < -0.4 is 4.90 Å². The van der Waals surface area contributed by atoms with Crippen LogP contribution in [0, 0.1) is 0 Å². The third kappa shape index (κ3) is 2.94. The summed E-state index contributed by atoms with van der Waals surface area (Å²) >= 11 is 0. The quantitative estimate of drug-likeness (QED) is 0.766. The van der Waals surface area contributed by atoms with E-state index >= 15 is 0 Å². The Hall–Kier alpha value is -1.72. The summed E-state index contributed by atoms with van der Waals surface area (Å²) in [5.74, 6) is 0.00832. The molecule has 6 heteroatoms. The van der Waals surface area contributed by atoms with Crippen LogP contribution in [0.15, 0.2) is 12.3 Å². The van der Waals surface area contributed by atoms with Crippen LogP contribution in [0.3, 0.4) is 0 Å². The molecule has 0 atom stereocenters. The monoisotopic (exact) mass is 253 g/mol. The topological polar surface area (TPSA) is 55.3 Å². The van der Waals surface area contributed by atoms with Crippen molar-refractivity contribution in [2.24, 2.45) is 0 Å². The summed E-state index contributed by atoms with van der Waals surface area (Å²) in [4.78, 5) is 21.7. The number of piperidine rings is 1. The summed E-state index contributed by atoms with van der Waals surface area (Å²) in [5, 5.41) is 0. The Morgan fingerprint density at radius 3 is 2.94 bits per heavy atom. The van der Waals surface area contributed by atoms with Gasteiger partial charge in [-0.15, -0.1) is 0 Å². The highest BCUT2D eigenvalue weighted by Crippen LogP contribution is 2.18. The number of nitrogens with zero attached hydrogens (tertiary/aromatic N) is 3. The van der Waals surface area contributed by atoms with E-state index in [0.717, 1.165) is 0 Å². The number of carbonyl (C=O) groups is 1. The van der Waals surface area contributed by atoms with Crippen molar-refractivity contribution in [3.63, 3.8) is 0 Å². The normalized spacial score (nSPS) is 16.7. The predicted molar refractivity (Wildman–Crippen MR) is 64.3 cm³/mol. The Morgan fingerprint density at radius 2 is 2.28 bits per heavy atom. The highest BCUT2D eigenvalue weighted by molar-refractivity contribution is 5.87. The summed E-state index contributed by atoms with van der Waals surface area (Å²) in [6, 6.07) is 1.52. The van der Waals surface area contributed by atoms with Gasteiger partial charge < -0.3 is 9.64 Å². The molecule has 0 bridgehead atoms.